The van der Waals surface area contributed by atoms with Crippen molar-refractivity contribution in [3.63, 3.8) is 0 Å². The number of para-hydroxylation sites is 2. The van der Waals surface area contributed by atoms with Gasteiger partial charge in [0.05, 0.1) is 16.7 Å². The average molecular weight is 587 g/mol. The molecule has 0 unspecified atom stereocenters. The molecule has 0 saturated heterocycles. The van der Waals surface area contributed by atoms with Crippen LogP contribution in [0.4, 0.5) is 17.1 Å². The molecule has 2 heteroatoms. The van der Waals surface area contributed by atoms with Crippen molar-refractivity contribution in [3.8, 4) is 16.8 Å². The van der Waals surface area contributed by atoms with Crippen LogP contribution in [-0.2, 0) is 0 Å². The summed E-state index contributed by atoms with van der Waals surface area (Å²) in [4.78, 5) is 2.35. The summed E-state index contributed by atoms with van der Waals surface area (Å²) in [5.74, 6) is 0. The first kappa shape index (κ1) is 26.3. The summed E-state index contributed by atoms with van der Waals surface area (Å²) in [5.41, 5.74) is 9.42. The van der Waals surface area contributed by atoms with Crippen LogP contribution in [0.1, 0.15) is 0 Å². The van der Waals surface area contributed by atoms with Gasteiger partial charge in [-0.2, -0.15) is 0 Å². The molecule has 9 rings (SSSR count). The fourth-order valence-corrected chi connectivity index (χ4v) is 7.03. The molecule has 1 aromatic heterocycles. The monoisotopic (exact) mass is 586 g/mol. The van der Waals surface area contributed by atoms with Gasteiger partial charge in [0.2, 0.25) is 0 Å². The summed E-state index contributed by atoms with van der Waals surface area (Å²) < 4.78 is 2.39. The smallest absolute Gasteiger partial charge is 0.0547 e. The number of anilines is 3. The van der Waals surface area contributed by atoms with E-state index in [-0.39, 0.29) is 0 Å². The first-order valence-electron chi connectivity index (χ1n) is 15.8. The standard InChI is InChI=1S/C44H30N2/c1-2-14-35(15-3-1)45(41-20-10-13-33-11-4-6-16-38(33)41)36-26-21-31(22-27-36)32-23-28-37(29-24-32)46-42-19-9-8-18-40(42)44-39-17-7-5-12-34(39)25-30-43(44)46/h1-30H. The SMILES string of the molecule is c1ccc(N(c2ccc(-c3ccc(-n4c5ccccc5c5c6ccccc6ccc54)cc3)cc2)c2cccc3ccccc23)cc1. The van der Waals surface area contributed by atoms with E-state index in [9.17, 15) is 0 Å². The van der Waals surface area contributed by atoms with Crippen LogP contribution in [-0.4, -0.2) is 4.57 Å². The zero-order valence-corrected chi connectivity index (χ0v) is 25.2. The Labute approximate surface area is 268 Å². The van der Waals surface area contributed by atoms with E-state index in [0.717, 1.165) is 17.1 Å². The summed E-state index contributed by atoms with van der Waals surface area (Å²) in [6.45, 7) is 0. The molecule has 8 aromatic carbocycles. The minimum Gasteiger partial charge on any atom is -0.310 e. The molecule has 1 heterocycles. The third kappa shape index (κ3) is 4.27. The van der Waals surface area contributed by atoms with E-state index in [2.05, 4.69) is 191 Å². The topological polar surface area (TPSA) is 8.17 Å². The van der Waals surface area contributed by atoms with Gasteiger partial charge in [-0.05, 0) is 81.9 Å². The number of benzene rings is 8. The zero-order valence-electron chi connectivity index (χ0n) is 25.2. The molecule has 0 atom stereocenters. The second kappa shape index (κ2) is 10.8. The maximum Gasteiger partial charge on any atom is 0.0547 e. The van der Waals surface area contributed by atoms with Crippen LogP contribution in [0.25, 0.3) is 60.2 Å². The van der Waals surface area contributed by atoms with Crippen LogP contribution < -0.4 is 4.90 Å². The lowest BCUT2D eigenvalue weighted by Gasteiger charge is -2.27. The van der Waals surface area contributed by atoms with Crippen molar-refractivity contribution in [3.05, 3.63) is 182 Å². The molecule has 9 aromatic rings. The van der Waals surface area contributed by atoms with Crippen molar-refractivity contribution in [2.24, 2.45) is 0 Å². The molecule has 0 spiro atoms. The Balaban J connectivity index is 1.11. The highest BCUT2D eigenvalue weighted by molar-refractivity contribution is 6.21. The first-order chi connectivity index (χ1) is 22.8. The van der Waals surface area contributed by atoms with E-state index in [1.165, 1.54) is 60.2 Å². The molecule has 0 amide bonds. The van der Waals surface area contributed by atoms with Crippen LogP contribution in [0.5, 0.6) is 0 Å². The van der Waals surface area contributed by atoms with Gasteiger partial charge in [0.15, 0.2) is 0 Å². The van der Waals surface area contributed by atoms with Gasteiger partial charge in [-0.25, -0.2) is 0 Å². The van der Waals surface area contributed by atoms with Crippen molar-refractivity contribution in [2.75, 3.05) is 4.90 Å². The number of rotatable bonds is 5. The molecule has 0 aliphatic rings. The molecular weight excluding hydrogens is 556 g/mol. The first-order valence-corrected chi connectivity index (χ1v) is 15.8. The predicted octanol–water partition coefficient (Wildman–Crippen LogP) is 12.2. The van der Waals surface area contributed by atoms with E-state index in [1.54, 1.807) is 0 Å². The van der Waals surface area contributed by atoms with Gasteiger partial charge < -0.3 is 9.47 Å². The van der Waals surface area contributed by atoms with Gasteiger partial charge in [-0.1, -0.05) is 127 Å². The van der Waals surface area contributed by atoms with E-state index < -0.39 is 0 Å². The van der Waals surface area contributed by atoms with Crippen LogP contribution in [0.2, 0.25) is 0 Å². The maximum absolute atomic E-state index is 2.39. The fourth-order valence-electron chi connectivity index (χ4n) is 7.03. The predicted molar refractivity (Wildman–Crippen MR) is 196 cm³/mol. The Bertz CT molecular complexity index is 2500. The van der Waals surface area contributed by atoms with Crippen molar-refractivity contribution in [2.45, 2.75) is 0 Å². The second-order valence-corrected chi connectivity index (χ2v) is 11.8. The Hall–Kier alpha value is -6.12. The van der Waals surface area contributed by atoms with Gasteiger partial charge in [-0.15, -0.1) is 0 Å². The molecule has 0 N–H and O–H groups in total. The summed E-state index contributed by atoms with van der Waals surface area (Å²) in [6, 6.07) is 65.6. The van der Waals surface area contributed by atoms with Gasteiger partial charge in [0.25, 0.3) is 0 Å². The van der Waals surface area contributed by atoms with E-state index in [4.69, 9.17) is 0 Å². The number of hydrogen-bond donors (Lipinski definition) is 0. The van der Waals surface area contributed by atoms with Gasteiger partial charge in [-0.3, -0.25) is 0 Å². The third-order valence-electron chi connectivity index (χ3n) is 9.17. The Morgan fingerprint density at radius 3 is 1.67 bits per heavy atom. The number of hydrogen-bond acceptors (Lipinski definition) is 1. The Morgan fingerprint density at radius 1 is 0.348 bits per heavy atom. The van der Waals surface area contributed by atoms with Crippen LogP contribution in [0, 0.1) is 0 Å². The maximum atomic E-state index is 2.39. The van der Waals surface area contributed by atoms with Crippen molar-refractivity contribution < 1.29 is 0 Å². The highest BCUT2D eigenvalue weighted by Crippen LogP contribution is 2.40. The minimum atomic E-state index is 1.13. The molecule has 0 aliphatic carbocycles. The summed E-state index contributed by atoms with van der Waals surface area (Å²) in [6.07, 6.45) is 0. The van der Waals surface area contributed by atoms with Crippen molar-refractivity contribution >= 4 is 60.4 Å². The van der Waals surface area contributed by atoms with Gasteiger partial charge in [0, 0.05) is 33.2 Å². The van der Waals surface area contributed by atoms with Crippen LogP contribution in [0.3, 0.4) is 0 Å². The summed E-state index contributed by atoms with van der Waals surface area (Å²) in [5, 5.41) is 7.61. The zero-order chi connectivity index (χ0) is 30.5. The molecule has 0 bridgehead atoms. The molecule has 0 aliphatic heterocycles. The lowest BCUT2D eigenvalue weighted by Crippen LogP contribution is -2.10. The lowest BCUT2D eigenvalue weighted by molar-refractivity contribution is 1.18. The molecule has 216 valence electrons. The lowest BCUT2D eigenvalue weighted by atomic mass is 10.0. The summed E-state index contributed by atoms with van der Waals surface area (Å²) in [7, 11) is 0. The second-order valence-electron chi connectivity index (χ2n) is 11.8. The van der Waals surface area contributed by atoms with Crippen molar-refractivity contribution in [1.82, 2.24) is 4.57 Å². The van der Waals surface area contributed by atoms with E-state index in [0.29, 0.717) is 0 Å². The fraction of sp³-hybridized carbons (Fsp3) is 0. The highest BCUT2D eigenvalue weighted by atomic mass is 15.1. The molecule has 0 saturated carbocycles. The quantitative estimate of drug-likeness (QED) is 0.195. The van der Waals surface area contributed by atoms with Crippen LogP contribution in [0.15, 0.2) is 182 Å². The number of aromatic nitrogens is 1. The van der Waals surface area contributed by atoms with Gasteiger partial charge >= 0.3 is 0 Å². The number of fused-ring (bicyclic) bond motifs is 6. The Morgan fingerprint density at radius 2 is 0.913 bits per heavy atom. The largest absolute Gasteiger partial charge is 0.310 e. The molecule has 2 nitrogen and oxygen atoms in total. The summed E-state index contributed by atoms with van der Waals surface area (Å²) >= 11 is 0. The third-order valence-corrected chi connectivity index (χ3v) is 9.17. The molecule has 0 radical (unpaired) electrons. The Kier molecular flexibility index (Phi) is 6.17. The van der Waals surface area contributed by atoms with E-state index in [1.807, 2.05) is 0 Å². The van der Waals surface area contributed by atoms with Crippen molar-refractivity contribution in [1.29, 1.82) is 0 Å². The average Bonchev–Trinajstić information content (AvgIpc) is 3.48. The molecule has 0 fully saturated rings. The minimum absolute atomic E-state index is 1.13. The van der Waals surface area contributed by atoms with Crippen LogP contribution >= 0.6 is 0 Å². The van der Waals surface area contributed by atoms with Gasteiger partial charge in [0.1, 0.15) is 0 Å². The normalized spacial score (nSPS) is 11.5. The molecular formula is C44H30N2. The highest BCUT2D eigenvalue weighted by Gasteiger charge is 2.16. The molecule has 46 heavy (non-hydrogen) atoms. The van der Waals surface area contributed by atoms with E-state index >= 15 is 0 Å². The number of nitrogens with zero attached hydrogens (tertiary/aromatic N) is 2.